The van der Waals surface area contributed by atoms with Gasteiger partial charge in [0.25, 0.3) is 0 Å². The number of halogens is 6. The standard InChI is InChI=1S/C29H35F6N3O3S/c1-18-6-3-7-19(2)38(18)17-20-12-13-24-21(14-20)8-4-11-25(24)36-27(39)16-26(29(33,34)35)37-42(40,41)23-10-5-9-22(15-23)28(30,31)32/h5,9-10,12-15,18-19,25-26,37H,3-4,6-8,11,16-17H2,1-2H3,(H,36,39)/t18-,19+,25-,26+/m1/s1. The molecule has 0 spiro atoms. The number of carbonyl (C=O) groups is 1. The molecule has 1 amide bonds. The number of hydrogen-bond donors (Lipinski definition) is 2. The van der Waals surface area contributed by atoms with Gasteiger partial charge in [-0.15, -0.1) is 0 Å². The van der Waals surface area contributed by atoms with E-state index in [-0.39, 0.29) is 6.07 Å². The van der Waals surface area contributed by atoms with Crippen LogP contribution in [0.2, 0.25) is 0 Å². The van der Waals surface area contributed by atoms with Crippen molar-refractivity contribution in [3.63, 3.8) is 0 Å². The molecule has 13 heteroatoms. The molecule has 0 bridgehead atoms. The number of amides is 1. The lowest BCUT2D eigenvalue weighted by molar-refractivity contribution is -0.158. The summed E-state index contributed by atoms with van der Waals surface area (Å²) >= 11 is 0. The van der Waals surface area contributed by atoms with Crippen LogP contribution >= 0.6 is 0 Å². The fourth-order valence-electron chi connectivity index (χ4n) is 5.87. The number of nitrogens with one attached hydrogen (secondary N) is 2. The molecular formula is C29H35F6N3O3S. The van der Waals surface area contributed by atoms with Gasteiger partial charge >= 0.3 is 12.4 Å². The zero-order valence-electron chi connectivity index (χ0n) is 23.4. The number of fused-ring (bicyclic) bond motifs is 1. The molecule has 0 saturated carbocycles. The van der Waals surface area contributed by atoms with E-state index in [0.29, 0.717) is 31.0 Å². The van der Waals surface area contributed by atoms with Gasteiger partial charge in [0.2, 0.25) is 15.9 Å². The van der Waals surface area contributed by atoms with Gasteiger partial charge in [0, 0.05) is 18.6 Å². The predicted octanol–water partition coefficient (Wildman–Crippen LogP) is 6.26. The molecule has 0 radical (unpaired) electrons. The van der Waals surface area contributed by atoms with Gasteiger partial charge in [0.05, 0.1) is 22.9 Å². The van der Waals surface area contributed by atoms with Gasteiger partial charge in [-0.25, -0.2) is 8.42 Å². The molecule has 6 nitrogen and oxygen atoms in total. The average molecular weight is 620 g/mol. The van der Waals surface area contributed by atoms with Gasteiger partial charge in [-0.05, 0) is 80.8 Å². The van der Waals surface area contributed by atoms with Crippen molar-refractivity contribution in [1.82, 2.24) is 14.9 Å². The lowest BCUT2D eigenvalue weighted by Crippen LogP contribution is -2.48. The Morgan fingerprint density at radius 1 is 0.976 bits per heavy atom. The molecule has 1 aliphatic carbocycles. The first-order valence-corrected chi connectivity index (χ1v) is 15.5. The van der Waals surface area contributed by atoms with Crippen LogP contribution in [-0.2, 0) is 34.0 Å². The summed E-state index contributed by atoms with van der Waals surface area (Å²) in [6.45, 7) is 5.22. The van der Waals surface area contributed by atoms with Crippen LogP contribution in [0, 0.1) is 0 Å². The molecule has 4 atom stereocenters. The van der Waals surface area contributed by atoms with Crippen molar-refractivity contribution in [3.8, 4) is 0 Å². The van der Waals surface area contributed by atoms with Gasteiger partial charge < -0.3 is 5.32 Å². The van der Waals surface area contributed by atoms with E-state index in [2.05, 4.69) is 30.1 Å². The third-order valence-corrected chi connectivity index (χ3v) is 9.62. The second-order valence-corrected chi connectivity index (χ2v) is 13.0. The van der Waals surface area contributed by atoms with E-state index in [4.69, 9.17) is 0 Å². The quantitative estimate of drug-likeness (QED) is 0.342. The van der Waals surface area contributed by atoms with Crippen molar-refractivity contribution in [2.75, 3.05) is 0 Å². The summed E-state index contributed by atoms with van der Waals surface area (Å²) in [5.74, 6) is -1.03. The van der Waals surface area contributed by atoms with Crippen LogP contribution < -0.4 is 10.0 Å². The maximum Gasteiger partial charge on any atom is 0.416 e. The molecule has 2 aliphatic rings. The second-order valence-electron chi connectivity index (χ2n) is 11.3. The molecule has 1 heterocycles. The summed E-state index contributed by atoms with van der Waals surface area (Å²) in [6.07, 6.45) is -5.87. The Bertz CT molecular complexity index is 1370. The summed E-state index contributed by atoms with van der Waals surface area (Å²) in [6, 6.07) is 5.89. The Kier molecular flexibility index (Phi) is 9.63. The summed E-state index contributed by atoms with van der Waals surface area (Å²) in [4.78, 5) is 14.3. The Balaban J connectivity index is 1.45. The molecule has 0 unspecified atom stereocenters. The predicted molar refractivity (Wildman–Crippen MR) is 145 cm³/mol. The van der Waals surface area contributed by atoms with E-state index in [9.17, 15) is 39.6 Å². The highest BCUT2D eigenvalue weighted by molar-refractivity contribution is 7.89. The second kappa shape index (κ2) is 12.5. The number of hydrogen-bond acceptors (Lipinski definition) is 4. The number of likely N-dealkylation sites (tertiary alicyclic amines) is 1. The average Bonchev–Trinajstić information content (AvgIpc) is 2.89. The lowest BCUT2D eigenvalue weighted by atomic mass is 9.86. The number of carbonyl (C=O) groups excluding carboxylic acids is 1. The number of sulfonamides is 1. The number of alkyl halides is 6. The molecule has 2 aromatic carbocycles. The van der Waals surface area contributed by atoms with E-state index >= 15 is 0 Å². The largest absolute Gasteiger partial charge is 0.416 e. The topological polar surface area (TPSA) is 78.5 Å². The molecule has 1 fully saturated rings. The van der Waals surface area contributed by atoms with Crippen LogP contribution in [0.25, 0.3) is 0 Å². The van der Waals surface area contributed by atoms with Gasteiger partial charge in [-0.3, -0.25) is 9.69 Å². The fourth-order valence-corrected chi connectivity index (χ4v) is 7.14. The number of aryl methyl sites for hydroxylation is 1. The maximum atomic E-state index is 13.8. The van der Waals surface area contributed by atoms with Gasteiger partial charge in [-0.2, -0.15) is 31.1 Å². The van der Waals surface area contributed by atoms with E-state index in [1.54, 1.807) is 0 Å². The first-order valence-electron chi connectivity index (χ1n) is 14.0. The zero-order chi connectivity index (χ0) is 30.9. The lowest BCUT2D eigenvalue weighted by Gasteiger charge is -2.39. The molecule has 1 saturated heterocycles. The summed E-state index contributed by atoms with van der Waals surface area (Å²) in [7, 11) is -5.03. The van der Waals surface area contributed by atoms with Gasteiger partial charge in [0.1, 0.15) is 6.04 Å². The SMILES string of the molecule is C[C@@H]1CCC[C@H](C)N1Cc1ccc2c(c1)CCC[C@H]2NC(=O)C[C@H](NS(=O)(=O)c1cccc(C(F)(F)F)c1)C(F)(F)F. The number of rotatable bonds is 8. The first-order chi connectivity index (χ1) is 19.5. The van der Waals surface area contributed by atoms with Crippen LogP contribution in [0.3, 0.4) is 0 Å². The van der Waals surface area contributed by atoms with Crippen LogP contribution in [0.15, 0.2) is 47.4 Å². The van der Waals surface area contributed by atoms with Crippen LogP contribution in [-0.4, -0.2) is 43.5 Å². The third-order valence-electron chi connectivity index (χ3n) is 8.15. The smallest absolute Gasteiger partial charge is 0.349 e. The zero-order valence-corrected chi connectivity index (χ0v) is 24.2. The molecule has 0 aromatic heterocycles. The minimum atomic E-state index is -5.17. The Hall–Kier alpha value is -2.64. The minimum Gasteiger partial charge on any atom is -0.349 e. The number of benzene rings is 2. The Morgan fingerprint density at radius 3 is 2.31 bits per heavy atom. The van der Waals surface area contributed by atoms with Crippen molar-refractivity contribution >= 4 is 15.9 Å². The summed E-state index contributed by atoms with van der Waals surface area (Å²) < 4.78 is 107. The molecular weight excluding hydrogens is 584 g/mol. The van der Waals surface area contributed by atoms with Gasteiger partial charge in [0.15, 0.2) is 0 Å². The van der Waals surface area contributed by atoms with E-state index in [0.717, 1.165) is 54.6 Å². The third kappa shape index (κ3) is 7.84. The highest BCUT2D eigenvalue weighted by Crippen LogP contribution is 2.34. The fraction of sp³-hybridized carbons (Fsp3) is 0.552. The van der Waals surface area contributed by atoms with Crippen LogP contribution in [0.4, 0.5) is 26.3 Å². The Morgan fingerprint density at radius 2 is 1.67 bits per heavy atom. The van der Waals surface area contributed by atoms with Crippen molar-refractivity contribution < 1.29 is 39.6 Å². The first kappa shape index (κ1) is 32.3. The van der Waals surface area contributed by atoms with Gasteiger partial charge in [-0.1, -0.05) is 30.7 Å². The van der Waals surface area contributed by atoms with Crippen molar-refractivity contribution in [2.45, 2.75) is 107 Å². The molecule has 1 aliphatic heterocycles. The van der Waals surface area contributed by atoms with Crippen molar-refractivity contribution in [1.29, 1.82) is 0 Å². The molecule has 42 heavy (non-hydrogen) atoms. The van der Waals surface area contributed by atoms with Crippen LogP contribution in [0.5, 0.6) is 0 Å². The van der Waals surface area contributed by atoms with Crippen molar-refractivity contribution in [2.24, 2.45) is 0 Å². The summed E-state index contributed by atoms with van der Waals surface area (Å²) in [5.41, 5.74) is 1.62. The number of nitrogens with zero attached hydrogens (tertiary/aromatic N) is 1. The monoisotopic (exact) mass is 619 g/mol. The molecule has 232 valence electrons. The highest BCUT2D eigenvalue weighted by Gasteiger charge is 2.44. The minimum absolute atomic E-state index is 0.246. The maximum absolute atomic E-state index is 13.8. The molecule has 2 N–H and O–H groups in total. The van der Waals surface area contributed by atoms with Crippen LogP contribution in [0.1, 0.15) is 80.7 Å². The molecule has 4 rings (SSSR count). The highest BCUT2D eigenvalue weighted by atomic mass is 32.2. The number of piperidine rings is 1. The van der Waals surface area contributed by atoms with E-state index in [1.165, 1.54) is 11.1 Å². The molecule has 2 aromatic rings. The van der Waals surface area contributed by atoms with E-state index < -0.39 is 57.2 Å². The normalized spacial score (nSPS) is 22.8. The van der Waals surface area contributed by atoms with Crippen molar-refractivity contribution in [3.05, 3.63) is 64.7 Å². The Labute approximate surface area is 241 Å². The van der Waals surface area contributed by atoms with E-state index in [1.807, 2.05) is 12.1 Å². The summed E-state index contributed by atoms with van der Waals surface area (Å²) in [5, 5.41) is 2.61.